The Hall–Kier alpha value is -2.15. The number of carbonyl (C=O) groups excluding carboxylic acids is 1. The van der Waals surface area contributed by atoms with Crippen molar-refractivity contribution in [3.05, 3.63) is 33.9 Å². The Morgan fingerprint density at radius 2 is 2.26 bits per heavy atom. The highest BCUT2D eigenvalue weighted by Gasteiger charge is 2.44. The molecule has 1 aromatic carbocycles. The van der Waals surface area contributed by atoms with Crippen molar-refractivity contribution in [2.75, 3.05) is 13.7 Å². The number of hydrogen-bond acceptors (Lipinski definition) is 5. The highest BCUT2D eigenvalue weighted by molar-refractivity contribution is 5.98. The van der Waals surface area contributed by atoms with E-state index in [1.54, 1.807) is 0 Å². The van der Waals surface area contributed by atoms with Gasteiger partial charge in [-0.25, -0.2) is 0 Å². The summed E-state index contributed by atoms with van der Waals surface area (Å²) in [6.45, 7) is -0.143. The number of rotatable bonds is 5. The lowest BCUT2D eigenvalue weighted by molar-refractivity contribution is -0.385. The summed E-state index contributed by atoms with van der Waals surface area (Å²) < 4.78 is 4.96. The smallest absolute Gasteiger partial charge is 0.311 e. The van der Waals surface area contributed by atoms with Gasteiger partial charge in [0.15, 0.2) is 0 Å². The fourth-order valence-electron chi connectivity index (χ4n) is 1.84. The van der Waals surface area contributed by atoms with E-state index in [0.717, 1.165) is 0 Å². The second-order valence-corrected chi connectivity index (χ2v) is 4.51. The highest BCUT2D eigenvalue weighted by Crippen LogP contribution is 2.36. The van der Waals surface area contributed by atoms with Crippen LogP contribution in [0.2, 0.25) is 0 Å². The van der Waals surface area contributed by atoms with E-state index in [1.165, 1.54) is 25.3 Å². The van der Waals surface area contributed by atoms with Gasteiger partial charge in [-0.1, -0.05) is 6.07 Å². The summed E-state index contributed by atoms with van der Waals surface area (Å²) in [7, 11) is 1.28. The summed E-state index contributed by atoms with van der Waals surface area (Å²) in [6, 6.07) is 4.15. The predicted molar refractivity (Wildman–Crippen MR) is 66.2 cm³/mol. The molecule has 0 spiro atoms. The third-order valence-electron chi connectivity index (χ3n) is 3.17. The molecule has 1 amide bonds. The lowest BCUT2D eigenvalue weighted by atomic mass is 10.1. The zero-order valence-corrected chi connectivity index (χ0v) is 10.4. The molecule has 0 bridgehead atoms. The van der Waals surface area contributed by atoms with E-state index in [1.807, 2.05) is 0 Å². The van der Waals surface area contributed by atoms with E-state index in [-0.39, 0.29) is 23.6 Å². The van der Waals surface area contributed by atoms with Gasteiger partial charge < -0.3 is 15.2 Å². The summed E-state index contributed by atoms with van der Waals surface area (Å²) in [6.07, 6.45) is 1.40. The van der Waals surface area contributed by atoms with Gasteiger partial charge in [-0.2, -0.15) is 0 Å². The van der Waals surface area contributed by atoms with Crippen LogP contribution in [0.3, 0.4) is 0 Å². The normalized spacial score (nSPS) is 15.7. The summed E-state index contributed by atoms with van der Waals surface area (Å²) in [5.41, 5.74) is -0.743. The number of methoxy groups -OCH3 is 1. The second-order valence-electron chi connectivity index (χ2n) is 4.51. The first-order chi connectivity index (χ1) is 9.03. The number of nitrogens with zero attached hydrogens (tertiary/aromatic N) is 1. The molecule has 7 heteroatoms. The Bertz CT molecular complexity index is 525. The number of benzene rings is 1. The van der Waals surface area contributed by atoms with Crippen LogP contribution in [0.15, 0.2) is 18.2 Å². The van der Waals surface area contributed by atoms with Gasteiger partial charge >= 0.3 is 5.69 Å². The Labute approximate surface area is 109 Å². The van der Waals surface area contributed by atoms with Crippen LogP contribution in [0.4, 0.5) is 5.69 Å². The van der Waals surface area contributed by atoms with E-state index in [2.05, 4.69) is 5.32 Å². The molecule has 0 unspecified atom stereocenters. The Kier molecular flexibility index (Phi) is 3.39. The van der Waals surface area contributed by atoms with Gasteiger partial charge in [-0.15, -0.1) is 0 Å². The van der Waals surface area contributed by atoms with Crippen molar-refractivity contribution in [3.63, 3.8) is 0 Å². The van der Waals surface area contributed by atoms with Crippen molar-refractivity contribution >= 4 is 11.6 Å². The van der Waals surface area contributed by atoms with Gasteiger partial charge in [0, 0.05) is 6.07 Å². The number of aliphatic hydroxyl groups is 1. The minimum atomic E-state index is -0.603. The minimum absolute atomic E-state index is 0.0706. The molecule has 1 saturated carbocycles. The lowest BCUT2D eigenvalue weighted by Gasteiger charge is -2.15. The maximum Gasteiger partial charge on any atom is 0.311 e. The monoisotopic (exact) mass is 266 g/mol. The number of carbonyl (C=O) groups is 1. The molecule has 2 rings (SSSR count). The second kappa shape index (κ2) is 4.85. The van der Waals surface area contributed by atoms with Gasteiger partial charge in [-0.05, 0) is 18.9 Å². The maximum absolute atomic E-state index is 12.1. The lowest BCUT2D eigenvalue weighted by Crippen LogP contribution is -2.39. The topological polar surface area (TPSA) is 102 Å². The fraction of sp³-hybridized carbons (Fsp3) is 0.417. The molecule has 0 aromatic heterocycles. The predicted octanol–water partition coefficient (Wildman–Crippen LogP) is 0.858. The molecular weight excluding hydrogens is 252 g/mol. The molecule has 1 aromatic rings. The average Bonchev–Trinajstić information content (AvgIpc) is 3.17. The van der Waals surface area contributed by atoms with Crippen molar-refractivity contribution < 1.29 is 19.6 Å². The van der Waals surface area contributed by atoms with Gasteiger partial charge in [0.1, 0.15) is 0 Å². The number of nitro groups is 1. The molecule has 1 aliphatic rings. The summed E-state index contributed by atoms with van der Waals surface area (Å²) in [4.78, 5) is 22.3. The number of ether oxygens (including phenoxy) is 1. The molecular formula is C12H14N2O5. The minimum Gasteiger partial charge on any atom is -0.490 e. The molecule has 0 atom stereocenters. The molecule has 7 nitrogen and oxygen atoms in total. The molecule has 102 valence electrons. The van der Waals surface area contributed by atoms with E-state index in [4.69, 9.17) is 9.84 Å². The van der Waals surface area contributed by atoms with Gasteiger partial charge in [0.2, 0.25) is 5.75 Å². The number of amides is 1. The van der Waals surface area contributed by atoms with Crippen molar-refractivity contribution in [1.82, 2.24) is 5.32 Å². The third-order valence-corrected chi connectivity index (χ3v) is 3.17. The number of para-hydroxylation sites is 1. The largest absolute Gasteiger partial charge is 0.490 e. The van der Waals surface area contributed by atoms with Crippen LogP contribution in [-0.2, 0) is 0 Å². The average molecular weight is 266 g/mol. The van der Waals surface area contributed by atoms with Crippen molar-refractivity contribution in [1.29, 1.82) is 0 Å². The molecule has 19 heavy (non-hydrogen) atoms. The van der Waals surface area contributed by atoms with Crippen LogP contribution in [0.1, 0.15) is 23.2 Å². The number of aliphatic hydroxyl groups excluding tert-OH is 1. The Morgan fingerprint density at radius 3 is 2.74 bits per heavy atom. The van der Waals surface area contributed by atoms with E-state index in [9.17, 15) is 14.9 Å². The summed E-state index contributed by atoms with van der Waals surface area (Å²) in [5.74, 6) is -0.550. The number of nitro benzene ring substituents is 1. The molecule has 0 radical (unpaired) electrons. The first-order valence-electron chi connectivity index (χ1n) is 5.78. The number of nitrogens with one attached hydrogen (secondary N) is 1. The summed E-state index contributed by atoms with van der Waals surface area (Å²) >= 11 is 0. The zero-order valence-electron chi connectivity index (χ0n) is 10.4. The van der Waals surface area contributed by atoms with Crippen LogP contribution in [-0.4, -0.2) is 35.2 Å². The van der Waals surface area contributed by atoms with Crippen molar-refractivity contribution in [3.8, 4) is 5.75 Å². The maximum atomic E-state index is 12.1. The molecule has 0 heterocycles. The van der Waals surface area contributed by atoms with E-state index < -0.39 is 16.4 Å². The van der Waals surface area contributed by atoms with Crippen LogP contribution in [0.5, 0.6) is 5.75 Å². The standard InChI is InChI=1S/C12H14N2O5/c1-19-10-8(3-2-4-9(10)14(17)18)11(16)13-12(7-15)5-6-12/h2-4,15H,5-7H2,1H3,(H,13,16). The molecule has 0 aliphatic heterocycles. The van der Waals surface area contributed by atoms with E-state index >= 15 is 0 Å². The van der Waals surface area contributed by atoms with Crippen molar-refractivity contribution in [2.24, 2.45) is 0 Å². The van der Waals surface area contributed by atoms with Gasteiger partial charge in [0.25, 0.3) is 5.91 Å². The SMILES string of the molecule is COc1c(C(=O)NC2(CO)CC2)cccc1[N+](=O)[O-]. The molecule has 1 fully saturated rings. The Balaban J connectivity index is 2.31. The van der Waals surface area contributed by atoms with Crippen LogP contribution >= 0.6 is 0 Å². The highest BCUT2D eigenvalue weighted by atomic mass is 16.6. The first kappa shape index (κ1) is 13.3. The van der Waals surface area contributed by atoms with Crippen LogP contribution in [0, 0.1) is 10.1 Å². The zero-order chi connectivity index (χ0) is 14.0. The van der Waals surface area contributed by atoms with E-state index in [0.29, 0.717) is 12.8 Å². The quantitative estimate of drug-likeness (QED) is 0.608. The Morgan fingerprint density at radius 1 is 1.58 bits per heavy atom. The molecule has 2 N–H and O–H groups in total. The number of hydrogen-bond donors (Lipinski definition) is 2. The molecule has 0 saturated heterocycles. The fourth-order valence-corrected chi connectivity index (χ4v) is 1.84. The molecule has 1 aliphatic carbocycles. The van der Waals surface area contributed by atoms with Crippen LogP contribution < -0.4 is 10.1 Å². The van der Waals surface area contributed by atoms with Gasteiger partial charge in [-0.3, -0.25) is 14.9 Å². The first-order valence-corrected chi connectivity index (χ1v) is 5.78. The summed E-state index contributed by atoms with van der Waals surface area (Å²) in [5, 5.41) is 22.7. The van der Waals surface area contributed by atoms with Gasteiger partial charge in [0.05, 0.1) is 29.7 Å². The van der Waals surface area contributed by atoms with Crippen molar-refractivity contribution in [2.45, 2.75) is 18.4 Å². The third kappa shape index (κ3) is 2.50. The van der Waals surface area contributed by atoms with Crippen LogP contribution in [0.25, 0.3) is 0 Å².